The molecule has 1 fully saturated rings. The zero-order chi connectivity index (χ0) is 12.6. The molecule has 1 N–H and O–H groups in total. The molecule has 0 amide bonds. The van der Waals surface area contributed by atoms with Gasteiger partial charge in [-0.3, -0.25) is 4.98 Å². The van der Waals surface area contributed by atoms with Gasteiger partial charge in [0.1, 0.15) is 0 Å². The van der Waals surface area contributed by atoms with Crippen LogP contribution in [0.5, 0.6) is 0 Å². The van der Waals surface area contributed by atoms with E-state index in [1.165, 1.54) is 23.8 Å². The number of fused-ring (bicyclic) bond motifs is 1. The zero-order valence-electron chi connectivity index (χ0n) is 10.8. The van der Waals surface area contributed by atoms with Crippen LogP contribution in [-0.4, -0.2) is 15.7 Å². The van der Waals surface area contributed by atoms with Crippen molar-refractivity contribution in [1.29, 1.82) is 0 Å². The van der Waals surface area contributed by atoms with Gasteiger partial charge in [-0.05, 0) is 42.9 Å². The standard InChI is InChI=1S/C16H19NO/c1-2-16(18,13-7-8-13)11-12-9-10-17-15-6-4-3-5-14(12)15/h3-6,9-10,13,18H,2,7-8,11H2,1H3. The molecular weight excluding hydrogens is 222 g/mol. The summed E-state index contributed by atoms with van der Waals surface area (Å²) in [6.45, 7) is 2.09. The molecule has 3 rings (SSSR count). The van der Waals surface area contributed by atoms with E-state index in [4.69, 9.17) is 0 Å². The second kappa shape index (κ2) is 4.36. The summed E-state index contributed by atoms with van der Waals surface area (Å²) >= 11 is 0. The Morgan fingerprint density at radius 2 is 2.06 bits per heavy atom. The highest BCUT2D eigenvalue weighted by Gasteiger charge is 2.42. The summed E-state index contributed by atoms with van der Waals surface area (Å²) in [5.41, 5.74) is 1.71. The first-order chi connectivity index (χ1) is 8.73. The lowest BCUT2D eigenvalue weighted by Gasteiger charge is -2.27. The van der Waals surface area contributed by atoms with E-state index in [-0.39, 0.29) is 0 Å². The molecule has 1 unspecified atom stereocenters. The maximum absolute atomic E-state index is 10.8. The summed E-state index contributed by atoms with van der Waals surface area (Å²) in [6.07, 6.45) is 5.77. The predicted octanol–water partition coefficient (Wildman–Crippen LogP) is 3.33. The minimum Gasteiger partial charge on any atom is -0.389 e. The molecule has 94 valence electrons. The van der Waals surface area contributed by atoms with Gasteiger partial charge in [0.25, 0.3) is 0 Å². The number of aromatic nitrogens is 1. The summed E-state index contributed by atoms with van der Waals surface area (Å²) in [5, 5.41) is 11.9. The first-order valence-electron chi connectivity index (χ1n) is 6.78. The topological polar surface area (TPSA) is 33.1 Å². The number of benzene rings is 1. The molecule has 0 radical (unpaired) electrons. The minimum absolute atomic E-state index is 0.495. The van der Waals surface area contributed by atoms with Crippen molar-refractivity contribution in [3.05, 3.63) is 42.1 Å². The second-order valence-electron chi connectivity index (χ2n) is 5.40. The lowest BCUT2D eigenvalue weighted by atomic mass is 9.86. The number of pyridine rings is 1. The van der Waals surface area contributed by atoms with E-state index in [1.807, 2.05) is 30.5 Å². The van der Waals surface area contributed by atoms with Crippen molar-refractivity contribution in [2.24, 2.45) is 5.92 Å². The van der Waals surface area contributed by atoms with Gasteiger partial charge in [-0.25, -0.2) is 0 Å². The van der Waals surface area contributed by atoms with Crippen LogP contribution in [0, 0.1) is 5.92 Å². The third kappa shape index (κ3) is 2.01. The fourth-order valence-corrected chi connectivity index (χ4v) is 2.82. The van der Waals surface area contributed by atoms with Crippen molar-refractivity contribution in [3.63, 3.8) is 0 Å². The molecule has 2 heteroatoms. The lowest BCUT2D eigenvalue weighted by molar-refractivity contribution is 0.0142. The highest BCUT2D eigenvalue weighted by Crippen LogP contribution is 2.43. The third-order valence-electron chi connectivity index (χ3n) is 4.19. The first-order valence-corrected chi connectivity index (χ1v) is 6.78. The minimum atomic E-state index is -0.524. The summed E-state index contributed by atoms with van der Waals surface area (Å²) in [5.74, 6) is 0.495. The highest BCUT2D eigenvalue weighted by molar-refractivity contribution is 5.81. The third-order valence-corrected chi connectivity index (χ3v) is 4.19. The van der Waals surface area contributed by atoms with E-state index >= 15 is 0 Å². The molecule has 2 nitrogen and oxygen atoms in total. The van der Waals surface area contributed by atoms with Crippen LogP contribution in [0.2, 0.25) is 0 Å². The average Bonchev–Trinajstić information content (AvgIpc) is 3.24. The van der Waals surface area contributed by atoms with Gasteiger partial charge < -0.3 is 5.11 Å². The predicted molar refractivity (Wildman–Crippen MR) is 73.4 cm³/mol. The van der Waals surface area contributed by atoms with E-state index in [9.17, 15) is 5.11 Å². The number of rotatable bonds is 4. The van der Waals surface area contributed by atoms with Crippen LogP contribution >= 0.6 is 0 Å². The molecule has 1 aromatic carbocycles. The van der Waals surface area contributed by atoms with Gasteiger partial charge in [0.15, 0.2) is 0 Å². The quantitative estimate of drug-likeness (QED) is 0.890. The Labute approximate surface area is 108 Å². The zero-order valence-corrected chi connectivity index (χ0v) is 10.8. The molecule has 1 aliphatic rings. The van der Waals surface area contributed by atoms with Gasteiger partial charge in [0.05, 0.1) is 11.1 Å². The average molecular weight is 241 g/mol. The Balaban J connectivity index is 1.99. The maximum atomic E-state index is 10.8. The molecule has 0 saturated heterocycles. The van der Waals surface area contributed by atoms with E-state index in [2.05, 4.69) is 18.0 Å². The van der Waals surface area contributed by atoms with Crippen molar-refractivity contribution in [2.45, 2.75) is 38.2 Å². The Hall–Kier alpha value is -1.41. The van der Waals surface area contributed by atoms with Crippen LogP contribution in [0.25, 0.3) is 10.9 Å². The normalized spacial score (nSPS) is 18.8. The van der Waals surface area contributed by atoms with E-state index in [0.717, 1.165) is 18.4 Å². The summed E-state index contributed by atoms with van der Waals surface area (Å²) in [6, 6.07) is 10.2. The fourth-order valence-electron chi connectivity index (χ4n) is 2.82. The van der Waals surface area contributed by atoms with Gasteiger partial charge in [0.2, 0.25) is 0 Å². The van der Waals surface area contributed by atoms with Crippen LogP contribution in [0.15, 0.2) is 36.5 Å². The Kier molecular flexibility index (Phi) is 2.83. The maximum Gasteiger partial charge on any atom is 0.0713 e. The Morgan fingerprint density at radius 3 is 2.78 bits per heavy atom. The van der Waals surface area contributed by atoms with Gasteiger partial charge in [-0.15, -0.1) is 0 Å². The monoisotopic (exact) mass is 241 g/mol. The van der Waals surface area contributed by atoms with Crippen LogP contribution in [-0.2, 0) is 6.42 Å². The Morgan fingerprint density at radius 1 is 1.28 bits per heavy atom. The molecule has 1 saturated carbocycles. The van der Waals surface area contributed by atoms with Gasteiger partial charge >= 0.3 is 0 Å². The molecule has 1 aromatic heterocycles. The molecule has 1 atom stereocenters. The number of hydrogen-bond donors (Lipinski definition) is 1. The number of aliphatic hydroxyl groups is 1. The highest BCUT2D eigenvalue weighted by atomic mass is 16.3. The Bertz CT molecular complexity index is 557. The van der Waals surface area contributed by atoms with Crippen molar-refractivity contribution in [3.8, 4) is 0 Å². The molecule has 0 spiro atoms. The largest absolute Gasteiger partial charge is 0.389 e. The van der Waals surface area contributed by atoms with Crippen molar-refractivity contribution < 1.29 is 5.11 Å². The smallest absolute Gasteiger partial charge is 0.0713 e. The molecule has 2 aromatic rings. The molecule has 1 aliphatic carbocycles. The van der Waals surface area contributed by atoms with E-state index < -0.39 is 5.60 Å². The van der Waals surface area contributed by atoms with Crippen molar-refractivity contribution >= 4 is 10.9 Å². The molecule has 0 aliphatic heterocycles. The number of nitrogens with zero attached hydrogens (tertiary/aromatic N) is 1. The fraction of sp³-hybridized carbons (Fsp3) is 0.438. The number of hydrogen-bond acceptors (Lipinski definition) is 2. The molecule has 1 heterocycles. The van der Waals surface area contributed by atoms with E-state index in [1.54, 1.807) is 0 Å². The summed E-state index contributed by atoms with van der Waals surface area (Å²) in [7, 11) is 0. The first kappa shape index (κ1) is 11.7. The van der Waals surface area contributed by atoms with Crippen LogP contribution < -0.4 is 0 Å². The number of para-hydroxylation sites is 1. The lowest BCUT2D eigenvalue weighted by Crippen LogP contribution is -2.33. The summed E-state index contributed by atoms with van der Waals surface area (Å²) < 4.78 is 0. The van der Waals surface area contributed by atoms with Crippen LogP contribution in [0.3, 0.4) is 0 Å². The van der Waals surface area contributed by atoms with E-state index in [0.29, 0.717) is 5.92 Å². The van der Waals surface area contributed by atoms with Crippen LogP contribution in [0.1, 0.15) is 31.7 Å². The second-order valence-corrected chi connectivity index (χ2v) is 5.40. The molecular formula is C16H19NO. The van der Waals surface area contributed by atoms with Crippen LogP contribution in [0.4, 0.5) is 0 Å². The molecule has 0 bridgehead atoms. The SMILES string of the molecule is CCC(O)(Cc1ccnc2ccccc12)C1CC1. The van der Waals surface area contributed by atoms with Crippen molar-refractivity contribution in [1.82, 2.24) is 4.98 Å². The summed E-state index contributed by atoms with van der Waals surface area (Å²) in [4.78, 5) is 4.38. The van der Waals surface area contributed by atoms with Gasteiger partial charge in [-0.1, -0.05) is 25.1 Å². The van der Waals surface area contributed by atoms with Gasteiger partial charge in [0, 0.05) is 18.0 Å². The molecule has 18 heavy (non-hydrogen) atoms. The van der Waals surface area contributed by atoms with Gasteiger partial charge in [-0.2, -0.15) is 0 Å². The van der Waals surface area contributed by atoms with Crippen molar-refractivity contribution in [2.75, 3.05) is 0 Å².